The fraction of sp³-hybridized carbons (Fsp3) is 0.600. The van der Waals surface area contributed by atoms with E-state index < -0.39 is 42.3 Å². The van der Waals surface area contributed by atoms with E-state index in [0.29, 0.717) is 6.54 Å². The van der Waals surface area contributed by atoms with Crippen LogP contribution in [-0.4, -0.2) is 79.8 Å². The molecule has 11 heteroatoms. The van der Waals surface area contributed by atoms with Crippen molar-refractivity contribution in [2.45, 2.75) is 18.4 Å². The molecule has 0 aromatic heterocycles. The second-order valence-corrected chi connectivity index (χ2v) is 3.77. The third-order valence-electron chi connectivity index (χ3n) is 1.85. The molecule has 0 aliphatic carbocycles. The zero-order chi connectivity index (χ0) is 17.1. The molecule has 0 heterocycles. The first-order valence-electron chi connectivity index (χ1n) is 5.48. The van der Waals surface area contributed by atoms with Crippen molar-refractivity contribution in [3.63, 3.8) is 0 Å². The molecule has 0 aromatic carbocycles. The summed E-state index contributed by atoms with van der Waals surface area (Å²) in [7, 11) is 0. The zero-order valence-corrected chi connectivity index (χ0v) is 10.9. The molecule has 0 fully saturated rings. The highest BCUT2D eigenvalue weighted by Crippen LogP contribution is 2.15. The maximum absolute atomic E-state index is 10.3. The summed E-state index contributed by atoms with van der Waals surface area (Å²) in [4.78, 5) is 40.2. The topological polar surface area (TPSA) is 202 Å². The highest BCUT2D eigenvalue weighted by atomic mass is 16.4. The number of aliphatic carboxylic acids is 4. The van der Waals surface area contributed by atoms with Gasteiger partial charge >= 0.3 is 23.9 Å². The molecule has 0 amide bonds. The van der Waals surface area contributed by atoms with Crippen molar-refractivity contribution in [2.24, 2.45) is 0 Å². The van der Waals surface area contributed by atoms with Gasteiger partial charge in [0.2, 0.25) is 0 Å². The Morgan fingerprint density at radius 1 is 0.857 bits per heavy atom. The third-order valence-corrected chi connectivity index (χ3v) is 1.85. The first-order chi connectivity index (χ1) is 9.55. The normalized spacial score (nSPS) is 10.2. The first kappa shape index (κ1) is 21.1. The quantitative estimate of drug-likeness (QED) is 0.220. The fourth-order valence-electron chi connectivity index (χ4n) is 0.988. The molecule has 7 N–H and O–H groups in total. The van der Waals surface area contributed by atoms with Gasteiger partial charge in [0.1, 0.15) is 0 Å². The number of aliphatic hydroxyl groups is 2. The zero-order valence-electron chi connectivity index (χ0n) is 10.9. The maximum Gasteiger partial charge on any atom is 0.336 e. The summed E-state index contributed by atoms with van der Waals surface area (Å²) in [6.45, 7) is 0.236. The van der Waals surface area contributed by atoms with Crippen LogP contribution >= 0.6 is 0 Å². The molecule has 122 valence electrons. The highest BCUT2D eigenvalue weighted by molar-refractivity contribution is 5.88. The predicted molar refractivity (Wildman–Crippen MR) is 64.7 cm³/mol. The Bertz CT molecular complexity index is 364. The molecule has 0 spiro atoms. The van der Waals surface area contributed by atoms with Crippen LogP contribution in [0.4, 0.5) is 0 Å². The number of carboxylic acids is 4. The third kappa shape index (κ3) is 12.5. The minimum absolute atomic E-state index is 0.0206. The SMILES string of the molecule is O=C(O)CC(O)(CC(=O)O)C(=O)O.O=C(O)CNCCO. The van der Waals surface area contributed by atoms with Gasteiger partial charge in [-0.25, -0.2) is 4.79 Å². The molecule has 21 heavy (non-hydrogen) atoms. The van der Waals surface area contributed by atoms with E-state index in [-0.39, 0.29) is 13.2 Å². The van der Waals surface area contributed by atoms with Crippen LogP contribution in [-0.2, 0) is 19.2 Å². The van der Waals surface area contributed by atoms with Crippen LogP contribution in [0.1, 0.15) is 12.8 Å². The van der Waals surface area contributed by atoms with E-state index >= 15 is 0 Å². The highest BCUT2D eigenvalue weighted by Gasteiger charge is 2.40. The molecule has 0 aliphatic rings. The van der Waals surface area contributed by atoms with Crippen molar-refractivity contribution in [1.82, 2.24) is 5.32 Å². The summed E-state index contributed by atoms with van der Waals surface area (Å²) >= 11 is 0. The van der Waals surface area contributed by atoms with Gasteiger partial charge in [0.05, 0.1) is 26.0 Å². The summed E-state index contributed by atoms with van der Waals surface area (Å²) in [5, 5.41) is 52.4. The number of aliphatic hydroxyl groups excluding tert-OH is 1. The summed E-state index contributed by atoms with van der Waals surface area (Å²) < 4.78 is 0. The van der Waals surface area contributed by atoms with Crippen molar-refractivity contribution in [3.05, 3.63) is 0 Å². The van der Waals surface area contributed by atoms with Crippen molar-refractivity contribution in [1.29, 1.82) is 0 Å². The van der Waals surface area contributed by atoms with E-state index in [1.165, 1.54) is 0 Å². The number of hydrogen-bond acceptors (Lipinski definition) is 7. The molecule has 11 nitrogen and oxygen atoms in total. The Morgan fingerprint density at radius 2 is 1.29 bits per heavy atom. The lowest BCUT2D eigenvalue weighted by molar-refractivity contribution is -0.170. The van der Waals surface area contributed by atoms with Gasteiger partial charge in [-0.15, -0.1) is 0 Å². The molecule has 0 aromatic rings. The van der Waals surface area contributed by atoms with E-state index in [2.05, 4.69) is 5.32 Å². The van der Waals surface area contributed by atoms with E-state index in [1.807, 2.05) is 0 Å². The molecular weight excluding hydrogens is 294 g/mol. The Hall–Kier alpha value is -2.24. The van der Waals surface area contributed by atoms with Crippen LogP contribution in [0.5, 0.6) is 0 Å². The molecule has 0 unspecified atom stereocenters. The van der Waals surface area contributed by atoms with E-state index in [9.17, 15) is 19.2 Å². The number of rotatable bonds is 9. The van der Waals surface area contributed by atoms with Gasteiger partial charge in [0.15, 0.2) is 5.60 Å². The monoisotopic (exact) mass is 311 g/mol. The summed E-state index contributed by atoms with van der Waals surface area (Å²) in [6, 6.07) is 0. The van der Waals surface area contributed by atoms with Gasteiger partial charge < -0.3 is 36.0 Å². The second-order valence-electron chi connectivity index (χ2n) is 3.77. The smallest absolute Gasteiger partial charge is 0.336 e. The number of carbonyl (C=O) groups is 4. The largest absolute Gasteiger partial charge is 0.481 e. The lowest BCUT2D eigenvalue weighted by Gasteiger charge is -2.18. The van der Waals surface area contributed by atoms with Crippen molar-refractivity contribution < 1.29 is 49.8 Å². The fourth-order valence-corrected chi connectivity index (χ4v) is 0.988. The van der Waals surface area contributed by atoms with Crippen LogP contribution in [0.2, 0.25) is 0 Å². The van der Waals surface area contributed by atoms with Gasteiger partial charge in [0.25, 0.3) is 0 Å². The molecule has 0 atom stereocenters. The first-order valence-corrected chi connectivity index (χ1v) is 5.48. The van der Waals surface area contributed by atoms with Gasteiger partial charge in [-0.1, -0.05) is 0 Å². The van der Waals surface area contributed by atoms with Crippen LogP contribution in [0.15, 0.2) is 0 Å². The average molecular weight is 311 g/mol. The predicted octanol–water partition coefficient (Wildman–Crippen LogP) is -2.60. The minimum Gasteiger partial charge on any atom is -0.481 e. The summed E-state index contributed by atoms with van der Waals surface area (Å²) in [5.74, 6) is -5.92. The van der Waals surface area contributed by atoms with Crippen molar-refractivity contribution in [2.75, 3.05) is 19.7 Å². The summed E-state index contributed by atoms with van der Waals surface area (Å²) in [6.07, 6.45) is -2.29. The lowest BCUT2D eigenvalue weighted by atomic mass is 9.96. The Labute approximate surface area is 118 Å². The van der Waals surface area contributed by atoms with E-state index in [4.69, 9.17) is 30.6 Å². The molecule has 0 rings (SSSR count). The second kappa shape index (κ2) is 10.5. The Morgan fingerprint density at radius 3 is 1.52 bits per heavy atom. The van der Waals surface area contributed by atoms with E-state index in [1.54, 1.807) is 0 Å². The van der Waals surface area contributed by atoms with Crippen LogP contribution < -0.4 is 5.32 Å². The van der Waals surface area contributed by atoms with Crippen LogP contribution in [0.3, 0.4) is 0 Å². The molecule has 0 saturated heterocycles. The molecule has 0 aliphatic heterocycles. The average Bonchev–Trinajstić information content (AvgIpc) is 2.27. The van der Waals surface area contributed by atoms with Crippen LogP contribution in [0, 0.1) is 0 Å². The number of nitrogens with one attached hydrogen (secondary N) is 1. The van der Waals surface area contributed by atoms with Gasteiger partial charge in [-0.3, -0.25) is 14.4 Å². The van der Waals surface area contributed by atoms with E-state index in [0.717, 1.165) is 0 Å². The molecule has 0 bridgehead atoms. The summed E-state index contributed by atoms with van der Waals surface area (Å²) in [5.41, 5.74) is -2.74. The number of carboxylic acid groups (broad SMARTS) is 4. The minimum atomic E-state index is -2.74. The lowest BCUT2D eigenvalue weighted by Crippen LogP contribution is -2.42. The standard InChI is InChI=1S/C6H8O7.C4H9NO3/c7-3(8)1-6(13,5(11)12)2-4(9)10;6-2-1-5-3-4(7)8/h13H,1-2H2,(H,7,8)(H,9,10)(H,11,12);5-6H,1-3H2,(H,7,8). The Balaban J connectivity index is 0. The molecule has 0 radical (unpaired) electrons. The van der Waals surface area contributed by atoms with Gasteiger partial charge in [-0.2, -0.15) is 0 Å². The Kier molecular flexibility index (Phi) is 10.6. The molecule has 0 saturated carbocycles. The van der Waals surface area contributed by atoms with Gasteiger partial charge in [0, 0.05) is 6.54 Å². The van der Waals surface area contributed by atoms with Gasteiger partial charge in [-0.05, 0) is 0 Å². The molecular formula is C10H17NO10. The van der Waals surface area contributed by atoms with Crippen LogP contribution in [0.25, 0.3) is 0 Å². The number of hydrogen-bond donors (Lipinski definition) is 7. The van der Waals surface area contributed by atoms with Crippen molar-refractivity contribution >= 4 is 23.9 Å². The maximum atomic E-state index is 10.3. The van der Waals surface area contributed by atoms with Crippen molar-refractivity contribution in [3.8, 4) is 0 Å².